The van der Waals surface area contributed by atoms with Crippen LogP contribution in [0.2, 0.25) is 0 Å². The van der Waals surface area contributed by atoms with Crippen LogP contribution in [-0.2, 0) is 0 Å². The van der Waals surface area contributed by atoms with Gasteiger partial charge in [-0.3, -0.25) is 0 Å². The van der Waals surface area contributed by atoms with E-state index in [2.05, 4.69) is 15.3 Å². The molecule has 1 heterocycles. The minimum atomic E-state index is -0.411. The second-order valence-corrected chi connectivity index (χ2v) is 4.14. The summed E-state index contributed by atoms with van der Waals surface area (Å²) in [5, 5.41) is 12.7. The molecule has 0 aliphatic rings. The summed E-state index contributed by atoms with van der Waals surface area (Å²) >= 11 is 0. The van der Waals surface area contributed by atoms with Gasteiger partial charge in [0.25, 0.3) is 0 Å². The highest BCUT2D eigenvalue weighted by Gasteiger charge is 2.26. The number of hydrogen-bond acceptors (Lipinski definition) is 6. The van der Waals surface area contributed by atoms with Gasteiger partial charge in [0, 0.05) is 0 Å². The summed E-state index contributed by atoms with van der Waals surface area (Å²) in [7, 11) is 0. The van der Waals surface area contributed by atoms with Crippen LogP contribution >= 0.6 is 0 Å². The smallest absolute Gasteiger partial charge is 0.242 e. The normalized spacial score (nSPS) is 11.3. The predicted octanol–water partition coefficient (Wildman–Crippen LogP) is 1.42. The zero-order valence-corrected chi connectivity index (χ0v) is 11.2. The molecule has 102 valence electrons. The molecule has 0 unspecified atom stereocenters. The minimum Gasteiger partial charge on any atom is -0.476 e. The molecule has 0 aliphatic heterocycles. The first kappa shape index (κ1) is 14.5. The fourth-order valence-corrected chi connectivity index (χ4v) is 1.67. The van der Waals surface area contributed by atoms with E-state index < -0.39 is 5.54 Å². The maximum absolute atomic E-state index is 9.52. The van der Waals surface area contributed by atoms with Gasteiger partial charge in [-0.2, -0.15) is 4.98 Å². The number of aliphatic hydroxyl groups is 1. The molecule has 0 amide bonds. The molecule has 0 aliphatic carbocycles. The summed E-state index contributed by atoms with van der Waals surface area (Å²) in [6, 6.07) is 0. The maximum atomic E-state index is 9.52. The number of nitrogen functional groups attached to an aromatic ring is 1. The Hall–Kier alpha value is -1.56. The lowest BCUT2D eigenvalue weighted by atomic mass is 9.94. The molecule has 4 N–H and O–H groups in total. The monoisotopic (exact) mass is 254 g/mol. The summed E-state index contributed by atoms with van der Waals surface area (Å²) in [5.74, 6) is 0.875. The molecule has 0 spiro atoms. The highest BCUT2D eigenvalue weighted by molar-refractivity contribution is 5.67. The zero-order chi connectivity index (χ0) is 13.6. The summed E-state index contributed by atoms with van der Waals surface area (Å²) < 4.78 is 5.31. The van der Waals surface area contributed by atoms with Crippen LogP contribution < -0.4 is 15.8 Å². The molecule has 1 aromatic rings. The van der Waals surface area contributed by atoms with Gasteiger partial charge in [-0.25, -0.2) is 4.98 Å². The van der Waals surface area contributed by atoms with Gasteiger partial charge >= 0.3 is 0 Å². The summed E-state index contributed by atoms with van der Waals surface area (Å²) in [6.07, 6.45) is 2.94. The molecule has 0 atom stereocenters. The lowest BCUT2D eigenvalue weighted by Gasteiger charge is -2.31. The average molecular weight is 254 g/mol. The third-order valence-electron chi connectivity index (χ3n) is 3.17. The van der Waals surface area contributed by atoms with Crippen LogP contribution in [0.3, 0.4) is 0 Å². The van der Waals surface area contributed by atoms with E-state index in [4.69, 9.17) is 10.5 Å². The molecule has 0 radical (unpaired) electrons. The Balaban J connectivity index is 2.99. The second kappa shape index (κ2) is 6.39. The second-order valence-electron chi connectivity index (χ2n) is 4.14. The number of nitrogens with one attached hydrogen (secondary N) is 1. The summed E-state index contributed by atoms with van der Waals surface area (Å²) in [6.45, 7) is 6.40. The molecule has 1 aromatic heterocycles. The highest BCUT2D eigenvalue weighted by atomic mass is 16.5. The molecule has 6 nitrogen and oxygen atoms in total. The van der Waals surface area contributed by atoms with Crippen molar-refractivity contribution in [3.63, 3.8) is 0 Å². The zero-order valence-electron chi connectivity index (χ0n) is 11.2. The number of aromatic nitrogens is 2. The van der Waals surface area contributed by atoms with Crippen molar-refractivity contribution < 1.29 is 9.84 Å². The Labute approximate surface area is 108 Å². The predicted molar refractivity (Wildman–Crippen MR) is 71.6 cm³/mol. The number of hydrogen-bond donors (Lipinski definition) is 3. The Morgan fingerprint density at radius 3 is 2.50 bits per heavy atom. The van der Waals surface area contributed by atoms with Crippen molar-refractivity contribution in [1.82, 2.24) is 9.97 Å². The fourth-order valence-electron chi connectivity index (χ4n) is 1.67. The van der Waals surface area contributed by atoms with Crippen molar-refractivity contribution in [3.8, 4) is 5.88 Å². The summed E-state index contributed by atoms with van der Waals surface area (Å²) in [5.41, 5.74) is 5.91. The molecular formula is C12H22N4O2. The van der Waals surface area contributed by atoms with Crippen molar-refractivity contribution in [2.24, 2.45) is 0 Å². The van der Waals surface area contributed by atoms with E-state index in [-0.39, 0.29) is 6.61 Å². The van der Waals surface area contributed by atoms with E-state index in [0.717, 1.165) is 12.8 Å². The van der Waals surface area contributed by atoms with Crippen LogP contribution in [-0.4, -0.2) is 33.8 Å². The molecule has 18 heavy (non-hydrogen) atoms. The van der Waals surface area contributed by atoms with Crippen molar-refractivity contribution in [2.45, 2.75) is 39.2 Å². The van der Waals surface area contributed by atoms with Gasteiger partial charge < -0.3 is 20.9 Å². The molecule has 0 fully saturated rings. The molecule has 1 rings (SSSR count). The van der Waals surface area contributed by atoms with Gasteiger partial charge in [-0.1, -0.05) is 13.8 Å². The molecule has 0 saturated heterocycles. The van der Waals surface area contributed by atoms with E-state index in [0.29, 0.717) is 24.0 Å². The van der Waals surface area contributed by atoms with E-state index >= 15 is 0 Å². The molecule has 0 saturated carbocycles. The van der Waals surface area contributed by atoms with Gasteiger partial charge in [0.05, 0.1) is 18.8 Å². The SMILES string of the molecule is CCOc1ncnc(NC(CC)(CC)CO)c1N. The first-order valence-electron chi connectivity index (χ1n) is 6.24. The lowest BCUT2D eigenvalue weighted by molar-refractivity contribution is 0.202. The standard InChI is InChI=1S/C12H22N4O2/c1-4-12(5-2,7-17)16-10-9(13)11(18-6-3)15-8-14-10/h8,17H,4-7,13H2,1-3H3,(H,14,15,16). The Morgan fingerprint density at radius 1 is 1.33 bits per heavy atom. The number of nitrogens with zero attached hydrogens (tertiary/aromatic N) is 2. The number of aliphatic hydroxyl groups excluding tert-OH is 1. The fraction of sp³-hybridized carbons (Fsp3) is 0.667. The summed E-state index contributed by atoms with van der Waals surface area (Å²) in [4.78, 5) is 8.09. The van der Waals surface area contributed by atoms with E-state index in [9.17, 15) is 5.11 Å². The topological polar surface area (TPSA) is 93.3 Å². The molecule has 6 heteroatoms. The van der Waals surface area contributed by atoms with Crippen LogP contribution in [0.5, 0.6) is 5.88 Å². The average Bonchev–Trinajstić information content (AvgIpc) is 2.41. The largest absolute Gasteiger partial charge is 0.476 e. The van der Waals surface area contributed by atoms with Crippen molar-refractivity contribution in [2.75, 3.05) is 24.3 Å². The number of nitrogens with two attached hydrogens (primary N) is 1. The quantitative estimate of drug-likeness (QED) is 0.681. The van der Waals surface area contributed by atoms with Gasteiger partial charge in [-0.15, -0.1) is 0 Å². The first-order valence-corrected chi connectivity index (χ1v) is 6.24. The number of rotatable bonds is 7. The van der Waals surface area contributed by atoms with Crippen LogP contribution in [0.1, 0.15) is 33.6 Å². The first-order chi connectivity index (χ1) is 8.62. The maximum Gasteiger partial charge on any atom is 0.242 e. The van der Waals surface area contributed by atoms with Gasteiger partial charge in [0.15, 0.2) is 5.82 Å². The van der Waals surface area contributed by atoms with Crippen LogP contribution in [0.4, 0.5) is 11.5 Å². The van der Waals surface area contributed by atoms with E-state index in [1.807, 2.05) is 20.8 Å². The highest BCUT2D eigenvalue weighted by Crippen LogP contribution is 2.29. The van der Waals surface area contributed by atoms with E-state index in [1.54, 1.807) is 0 Å². The van der Waals surface area contributed by atoms with Gasteiger partial charge in [-0.05, 0) is 19.8 Å². The van der Waals surface area contributed by atoms with Crippen molar-refractivity contribution in [1.29, 1.82) is 0 Å². The Morgan fingerprint density at radius 2 is 2.00 bits per heavy atom. The van der Waals surface area contributed by atoms with Gasteiger partial charge in [0.2, 0.25) is 5.88 Å². The molecule has 0 bridgehead atoms. The van der Waals surface area contributed by atoms with Crippen LogP contribution in [0.25, 0.3) is 0 Å². The third kappa shape index (κ3) is 3.01. The molecule has 0 aromatic carbocycles. The number of anilines is 2. The Kier molecular flexibility index (Phi) is 5.15. The van der Waals surface area contributed by atoms with Crippen LogP contribution in [0.15, 0.2) is 6.33 Å². The van der Waals surface area contributed by atoms with Crippen LogP contribution in [0, 0.1) is 0 Å². The Bertz CT molecular complexity index is 372. The number of ether oxygens (including phenoxy) is 1. The molecular weight excluding hydrogens is 232 g/mol. The lowest BCUT2D eigenvalue weighted by Crippen LogP contribution is -2.41. The van der Waals surface area contributed by atoms with Gasteiger partial charge in [0.1, 0.15) is 12.0 Å². The third-order valence-corrected chi connectivity index (χ3v) is 3.17. The van der Waals surface area contributed by atoms with Crippen molar-refractivity contribution >= 4 is 11.5 Å². The van der Waals surface area contributed by atoms with Crippen molar-refractivity contribution in [3.05, 3.63) is 6.33 Å². The van der Waals surface area contributed by atoms with E-state index in [1.165, 1.54) is 6.33 Å². The minimum absolute atomic E-state index is 0.0212.